The largest absolute Gasteiger partial charge is 0.370 e. The fourth-order valence-electron chi connectivity index (χ4n) is 1.73. The van der Waals surface area contributed by atoms with Gasteiger partial charge in [0.2, 0.25) is 5.91 Å². The van der Waals surface area contributed by atoms with Crippen LogP contribution in [0.2, 0.25) is 4.34 Å². The Hall–Kier alpha value is -0.920. The Labute approximate surface area is 130 Å². The first-order valence-corrected chi connectivity index (χ1v) is 8.12. The highest BCUT2D eigenvalue weighted by Crippen LogP contribution is 2.32. The van der Waals surface area contributed by atoms with Crippen LogP contribution in [0, 0.1) is 0 Å². The Bertz CT molecular complexity index is 542. The molecule has 0 aromatic carbocycles. The first kappa shape index (κ1) is 15.5. The minimum atomic E-state index is -0.454. The summed E-state index contributed by atoms with van der Waals surface area (Å²) in [5.74, 6) is -0.454. The van der Waals surface area contributed by atoms with Gasteiger partial charge in [-0.1, -0.05) is 17.7 Å². The number of amides is 1. The number of primary amides is 1. The minimum Gasteiger partial charge on any atom is -0.370 e. The number of carbonyl (C=O) groups is 1. The molecule has 0 aliphatic heterocycles. The minimum absolute atomic E-state index is 0.0455. The molecule has 0 bridgehead atoms. The normalized spacial score (nSPS) is 12.4. The number of ether oxygens (including phenoxy) is 1. The lowest BCUT2D eigenvalue weighted by Gasteiger charge is -2.16. The van der Waals surface area contributed by atoms with Crippen molar-refractivity contribution in [2.75, 3.05) is 19.8 Å². The van der Waals surface area contributed by atoms with Gasteiger partial charge in [0.15, 0.2) is 0 Å². The van der Waals surface area contributed by atoms with E-state index in [1.165, 1.54) is 4.88 Å². The van der Waals surface area contributed by atoms with Crippen LogP contribution in [0.25, 0.3) is 0 Å². The van der Waals surface area contributed by atoms with Crippen molar-refractivity contribution in [3.05, 3.63) is 43.7 Å². The van der Waals surface area contributed by atoms with Crippen molar-refractivity contribution in [1.29, 1.82) is 0 Å². The van der Waals surface area contributed by atoms with E-state index in [0.29, 0.717) is 13.2 Å². The average molecular weight is 331 g/mol. The van der Waals surface area contributed by atoms with Gasteiger partial charge < -0.3 is 15.8 Å². The van der Waals surface area contributed by atoms with Crippen LogP contribution >= 0.6 is 34.3 Å². The van der Waals surface area contributed by atoms with E-state index in [1.807, 2.05) is 23.6 Å². The summed E-state index contributed by atoms with van der Waals surface area (Å²) in [5, 5.41) is 5.46. The summed E-state index contributed by atoms with van der Waals surface area (Å²) in [7, 11) is 0. The molecule has 2 heterocycles. The maximum Gasteiger partial charge on any atom is 0.243 e. The number of nitrogens with one attached hydrogen (secondary N) is 1. The van der Waals surface area contributed by atoms with Crippen molar-refractivity contribution in [1.82, 2.24) is 5.32 Å². The summed E-state index contributed by atoms with van der Waals surface area (Å²) in [5.41, 5.74) is 5.01. The molecule has 1 unspecified atom stereocenters. The van der Waals surface area contributed by atoms with Gasteiger partial charge in [-0.2, -0.15) is 0 Å². The van der Waals surface area contributed by atoms with Gasteiger partial charge in [-0.05, 0) is 23.6 Å². The number of hydrogen-bond donors (Lipinski definition) is 2. The van der Waals surface area contributed by atoms with Crippen LogP contribution in [0.3, 0.4) is 0 Å². The molecule has 4 nitrogen and oxygen atoms in total. The Morgan fingerprint density at radius 3 is 2.85 bits per heavy atom. The molecule has 7 heteroatoms. The Kier molecular flexibility index (Phi) is 6.00. The van der Waals surface area contributed by atoms with Gasteiger partial charge in [-0.3, -0.25) is 4.79 Å². The van der Waals surface area contributed by atoms with Crippen LogP contribution in [-0.4, -0.2) is 25.7 Å². The number of carbonyl (C=O) groups excluding carboxylic acids is 1. The predicted molar refractivity (Wildman–Crippen MR) is 83.5 cm³/mol. The molecular formula is C13H15ClN2O2S2. The molecule has 20 heavy (non-hydrogen) atoms. The van der Waals surface area contributed by atoms with Crippen LogP contribution in [0.4, 0.5) is 0 Å². The van der Waals surface area contributed by atoms with Gasteiger partial charge >= 0.3 is 0 Å². The van der Waals surface area contributed by atoms with E-state index in [9.17, 15) is 4.79 Å². The summed E-state index contributed by atoms with van der Waals surface area (Å²) >= 11 is 9.25. The molecular weight excluding hydrogens is 316 g/mol. The van der Waals surface area contributed by atoms with Crippen molar-refractivity contribution >= 4 is 40.2 Å². The third-order valence-electron chi connectivity index (χ3n) is 2.55. The summed E-state index contributed by atoms with van der Waals surface area (Å²) in [6.07, 6.45) is 0. The smallest absolute Gasteiger partial charge is 0.243 e. The number of halogens is 1. The second kappa shape index (κ2) is 7.75. The molecule has 0 radical (unpaired) electrons. The van der Waals surface area contributed by atoms with Crippen molar-refractivity contribution in [2.24, 2.45) is 5.73 Å². The van der Waals surface area contributed by atoms with Crippen LogP contribution in [0.5, 0.6) is 0 Å². The molecule has 0 aliphatic carbocycles. The lowest BCUT2D eigenvalue weighted by atomic mass is 10.2. The number of nitrogens with two attached hydrogens (primary N) is 1. The quantitative estimate of drug-likeness (QED) is 0.731. The van der Waals surface area contributed by atoms with Crippen molar-refractivity contribution in [3.63, 3.8) is 0 Å². The Balaban J connectivity index is 1.93. The molecule has 2 aromatic rings. The topological polar surface area (TPSA) is 64.4 Å². The van der Waals surface area contributed by atoms with Crippen molar-refractivity contribution < 1.29 is 9.53 Å². The van der Waals surface area contributed by atoms with Crippen molar-refractivity contribution in [2.45, 2.75) is 6.04 Å². The van der Waals surface area contributed by atoms with Crippen LogP contribution in [0.1, 0.15) is 15.8 Å². The molecule has 108 valence electrons. The monoisotopic (exact) mass is 330 g/mol. The highest BCUT2D eigenvalue weighted by atomic mass is 35.5. The molecule has 3 N–H and O–H groups in total. The molecule has 0 spiro atoms. The van der Waals surface area contributed by atoms with Crippen LogP contribution < -0.4 is 11.1 Å². The van der Waals surface area contributed by atoms with E-state index in [2.05, 4.69) is 11.4 Å². The van der Waals surface area contributed by atoms with Gasteiger partial charge in [0, 0.05) is 16.3 Å². The highest BCUT2D eigenvalue weighted by Gasteiger charge is 2.16. The Morgan fingerprint density at radius 2 is 2.25 bits per heavy atom. The van der Waals surface area contributed by atoms with E-state index >= 15 is 0 Å². The van der Waals surface area contributed by atoms with E-state index in [1.54, 1.807) is 22.7 Å². The van der Waals surface area contributed by atoms with Gasteiger partial charge in [-0.15, -0.1) is 22.7 Å². The predicted octanol–water partition coefficient (Wildman–Crippen LogP) is 2.64. The zero-order valence-electron chi connectivity index (χ0n) is 10.7. The second-order valence-electron chi connectivity index (χ2n) is 4.06. The molecule has 2 rings (SSSR count). The lowest BCUT2D eigenvalue weighted by molar-refractivity contribution is -0.122. The molecule has 1 atom stereocenters. The highest BCUT2D eigenvalue weighted by molar-refractivity contribution is 7.16. The van der Waals surface area contributed by atoms with E-state index < -0.39 is 5.91 Å². The van der Waals surface area contributed by atoms with Gasteiger partial charge in [0.05, 0.1) is 17.0 Å². The summed E-state index contributed by atoms with van der Waals surface area (Å²) < 4.78 is 5.92. The van der Waals surface area contributed by atoms with E-state index in [-0.39, 0.29) is 12.6 Å². The van der Waals surface area contributed by atoms with Gasteiger partial charge in [-0.25, -0.2) is 0 Å². The first-order chi connectivity index (χ1) is 9.66. The fourth-order valence-corrected chi connectivity index (χ4v) is 3.78. The van der Waals surface area contributed by atoms with Gasteiger partial charge in [0.25, 0.3) is 0 Å². The number of hydrogen-bond acceptors (Lipinski definition) is 5. The lowest BCUT2D eigenvalue weighted by Crippen LogP contribution is -2.27. The third kappa shape index (κ3) is 4.57. The second-order valence-corrected chi connectivity index (χ2v) is 6.79. The number of thiophene rings is 2. The van der Waals surface area contributed by atoms with Crippen molar-refractivity contribution in [3.8, 4) is 0 Å². The standard InChI is InChI=1S/C13H15ClN2O2S2/c14-11-4-3-10(20-11)13(9-2-1-7-19-9)16-5-6-18-8-12(15)17/h1-4,7,13,16H,5-6,8H2,(H2,15,17). The first-order valence-electron chi connectivity index (χ1n) is 6.05. The Morgan fingerprint density at radius 1 is 1.40 bits per heavy atom. The molecule has 1 amide bonds. The van der Waals surface area contributed by atoms with Gasteiger partial charge in [0.1, 0.15) is 6.61 Å². The summed E-state index contributed by atoms with van der Waals surface area (Å²) in [6.45, 7) is 1.02. The maximum atomic E-state index is 10.6. The van der Waals surface area contributed by atoms with Crippen LogP contribution in [0.15, 0.2) is 29.6 Å². The average Bonchev–Trinajstić information content (AvgIpc) is 3.05. The molecule has 0 aliphatic rings. The molecule has 0 saturated heterocycles. The summed E-state index contributed by atoms with van der Waals surface area (Å²) in [4.78, 5) is 13.0. The van der Waals surface area contributed by atoms with E-state index in [0.717, 1.165) is 9.21 Å². The maximum absolute atomic E-state index is 10.6. The zero-order valence-corrected chi connectivity index (χ0v) is 13.1. The molecule has 2 aromatic heterocycles. The zero-order chi connectivity index (χ0) is 14.4. The number of rotatable bonds is 8. The molecule has 0 saturated carbocycles. The van der Waals surface area contributed by atoms with E-state index in [4.69, 9.17) is 22.1 Å². The van der Waals surface area contributed by atoms with Crippen LogP contribution in [-0.2, 0) is 9.53 Å². The third-order valence-corrected chi connectivity index (χ3v) is 4.78. The SMILES string of the molecule is NC(=O)COCCNC(c1cccs1)c1ccc(Cl)s1. The fraction of sp³-hybridized carbons (Fsp3) is 0.308. The summed E-state index contributed by atoms with van der Waals surface area (Å²) in [6, 6.07) is 8.13. The molecule has 0 fully saturated rings.